The first kappa shape index (κ1) is 21.6. The number of nitrogens with zero attached hydrogens (tertiary/aromatic N) is 1. The van der Waals surface area contributed by atoms with Crippen molar-refractivity contribution in [2.75, 3.05) is 26.3 Å². The monoisotopic (exact) mass is 425 g/mol. The molecule has 2 aliphatic heterocycles. The second-order valence-electron chi connectivity index (χ2n) is 8.61. The minimum atomic E-state index is -0.901. The fourth-order valence-corrected chi connectivity index (χ4v) is 5.56. The van der Waals surface area contributed by atoms with E-state index in [2.05, 4.69) is 40.7 Å². The lowest BCUT2D eigenvalue weighted by molar-refractivity contribution is -0.538. The number of fused-ring (bicyclic) bond motifs is 4. The third kappa shape index (κ3) is 3.77. The van der Waals surface area contributed by atoms with E-state index in [9.17, 15) is 9.59 Å². The molecule has 3 heterocycles. The van der Waals surface area contributed by atoms with Crippen molar-refractivity contribution in [3.8, 4) is 0 Å². The average Bonchev–Trinajstić information content (AvgIpc) is 3.16. The highest BCUT2D eigenvalue weighted by atomic mass is 16.6. The highest BCUT2D eigenvalue weighted by Crippen LogP contribution is 2.44. The topological polar surface area (TPSA) is 71.4 Å². The van der Waals surface area contributed by atoms with Gasteiger partial charge in [-0.15, -0.1) is 0 Å². The fraction of sp³-hybridized carbons (Fsp3) is 0.560. The standard InChI is InChI=1S/C25H32N2O4/c1-4-25(16-19(23(28)30-5-2)24(29)31-6-3)13-9-14-27-15-12-18-17-10-7-8-11-20(17)26-21(18)22(25)27/h7-8,10-11,19H,4-6,9,12-16H2,1-3H3/p+1. The van der Waals surface area contributed by atoms with Crippen molar-refractivity contribution in [2.24, 2.45) is 11.3 Å². The Morgan fingerprint density at radius 3 is 2.48 bits per heavy atom. The molecule has 1 atom stereocenters. The first-order chi connectivity index (χ1) is 15.0. The zero-order chi connectivity index (χ0) is 22.0. The Bertz CT molecular complexity index is 1000. The van der Waals surface area contributed by atoms with E-state index in [-0.39, 0.29) is 18.6 Å². The van der Waals surface area contributed by atoms with Gasteiger partial charge in [0.25, 0.3) is 0 Å². The van der Waals surface area contributed by atoms with Crippen LogP contribution in [0.25, 0.3) is 10.9 Å². The maximum absolute atomic E-state index is 12.8. The van der Waals surface area contributed by atoms with E-state index in [4.69, 9.17) is 9.47 Å². The molecular weight excluding hydrogens is 392 g/mol. The van der Waals surface area contributed by atoms with Crippen LogP contribution in [-0.2, 0) is 25.5 Å². The van der Waals surface area contributed by atoms with Crippen LogP contribution in [0.4, 0.5) is 0 Å². The molecule has 0 bridgehead atoms. The summed E-state index contributed by atoms with van der Waals surface area (Å²) in [5.74, 6) is -1.85. The molecule has 166 valence electrons. The van der Waals surface area contributed by atoms with Gasteiger partial charge in [-0.1, -0.05) is 25.1 Å². The predicted molar refractivity (Wildman–Crippen MR) is 119 cm³/mol. The number of hydrogen-bond donors (Lipinski definition) is 1. The molecule has 1 aromatic carbocycles. The molecule has 31 heavy (non-hydrogen) atoms. The third-order valence-corrected chi connectivity index (χ3v) is 7.00. The van der Waals surface area contributed by atoms with Crippen LogP contribution in [0.3, 0.4) is 0 Å². The lowest BCUT2D eigenvalue weighted by Gasteiger charge is -2.38. The largest absolute Gasteiger partial charge is 0.465 e. The zero-order valence-electron chi connectivity index (χ0n) is 18.8. The third-order valence-electron chi connectivity index (χ3n) is 7.00. The van der Waals surface area contributed by atoms with E-state index in [0.717, 1.165) is 44.3 Å². The SMILES string of the molecule is CCOC(=O)C(CC1(CC)CCC[N+]2=C1c1[nH]c3ccccc3c1CC2)C(=O)OCC. The molecule has 0 aliphatic carbocycles. The molecule has 6 heteroatoms. The number of carbonyl (C=O) groups is 2. The molecule has 0 amide bonds. The Labute approximate surface area is 183 Å². The minimum Gasteiger partial charge on any atom is -0.465 e. The summed E-state index contributed by atoms with van der Waals surface area (Å²) in [7, 11) is 0. The van der Waals surface area contributed by atoms with Gasteiger partial charge >= 0.3 is 11.9 Å². The molecule has 0 saturated heterocycles. The number of carbonyl (C=O) groups excluding carboxylic acids is 2. The summed E-state index contributed by atoms with van der Waals surface area (Å²) in [5.41, 5.74) is 4.66. The fourth-order valence-electron chi connectivity index (χ4n) is 5.56. The van der Waals surface area contributed by atoms with Crippen LogP contribution in [-0.4, -0.2) is 53.5 Å². The summed E-state index contributed by atoms with van der Waals surface area (Å²) in [6.45, 7) is 8.19. The van der Waals surface area contributed by atoms with Crippen molar-refractivity contribution in [1.29, 1.82) is 0 Å². The Morgan fingerprint density at radius 2 is 1.81 bits per heavy atom. The van der Waals surface area contributed by atoms with Gasteiger partial charge in [-0.2, -0.15) is 0 Å². The maximum Gasteiger partial charge on any atom is 0.320 e. The number of hydrogen-bond acceptors (Lipinski definition) is 4. The molecule has 1 unspecified atom stereocenters. The first-order valence-corrected chi connectivity index (χ1v) is 11.6. The minimum absolute atomic E-state index is 0.253. The lowest BCUT2D eigenvalue weighted by Crippen LogP contribution is -2.48. The molecule has 0 radical (unpaired) electrons. The van der Waals surface area contributed by atoms with Gasteiger partial charge < -0.3 is 14.5 Å². The van der Waals surface area contributed by atoms with E-state index in [1.807, 2.05) is 0 Å². The van der Waals surface area contributed by atoms with Crippen molar-refractivity contribution in [1.82, 2.24) is 4.98 Å². The molecule has 0 fully saturated rings. The average molecular weight is 426 g/mol. The molecule has 0 spiro atoms. The van der Waals surface area contributed by atoms with Gasteiger partial charge in [-0.3, -0.25) is 9.59 Å². The molecule has 1 N–H and O–H groups in total. The van der Waals surface area contributed by atoms with Gasteiger partial charge in [-0.05, 0) is 44.7 Å². The van der Waals surface area contributed by atoms with Crippen molar-refractivity contribution >= 4 is 28.6 Å². The number of H-pyrrole nitrogens is 1. The summed E-state index contributed by atoms with van der Waals surface area (Å²) >= 11 is 0. The van der Waals surface area contributed by atoms with Gasteiger partial charge in [0.1, 0.15) is 18.8 Å². The Balaban J connectivity index is 1.80. The number of para-hydroxylation sites is 1. The number of esters is 2. The molecule has 6 nitrogen and oxygen atoms in total. The van der Waals surface area contributed by atoms with Crippen molar-refractivity contribution in [3.63, 3.8) is 0 Å². The highest BCUT2D eigenvalue weighted by molar-refractivity contribution is 6.07. The number of ether oxygens (including phenoxy) is 2. The van der Waals surface area contributed by atoms with Crippen molar-refractivity contribution < 1.29 is 23.6 Å². The molecule has 2 aromatic rings. The number of nitrogens with one attached hydrogen (secondary N) is 1. The highest BCUT2D eigenvalue weighted by Gasteiger charge is 2.51. The smallest absolute Gasteiger partial charge is 0.320 e. The lowest BCUT2D eigenvalue weighted by atomic mass is 9.66. The summed E-state index contributed by atoms with van der Waals surface area (Å²) in [4.78, 5) is 29.2. The predicted octanol–water partition coefficient (Wildman–Crippen LogP) is 3.85. The van der Waals surface area contributed by atoms with Gasteiger partial charge in [0.15, 0.2) is 5.92 Å². The van der Waals surface area contributed by atoms with Crippen LogP contribution < -0.4 is 0 Å². The summed E-state index contributed by atoms with van der Waals surface area (Å²) in [6, 6.07) is 8.43. The number of rotatable bonds is 7. The number of aromatic nitrogens is 1. The van der Waals surface area contributed by atoms with E-state index in [0.29, 0.717) is 6.42 Å². The second kappa shape index (κ2) is 8.85. The molecule has 2 aliphatic rings. The van der Waals surface area contributed by atoms with Gasteiger partial charge in [0.05, 0.1) is 18.6 Å². The Morgan fingerprint density at radius 1 is 1.10 bits per heavy atom. The quantitative estimate of drug-likeness (QED) is 0.416. The normalized spacial score (nSPS) is 20.5. The van der Waals surface area contributed by atoms with Crippen LogP contribution in [0.2, 0.25) is 0 Å². The number of aromatic amines is 1. The maximum atomic E-state index is 12.8. The Hall–Kier alpha value is -2.63. The van der Waals surface area contributed by atoms with E-state index in [1.54, 1.807) is 13.8 Å². The first-order valence-electron chi connectivity index (χ1n) is 11.6. The van der Waals surface area contributed by atoms with Crippen LogP contribution in [0, 0.1) is 11.3 Å². The van der Waals surface area contributed by atoms with E-state index < -0.39 is 17.9 Å². The van der Waals surface area contributed by atoms with Crippen molar-refractivity contribution in [2.45, 2.75) is 52.9 Å². The van der Waals surface area contributed by atoms with E-state index in [1.165, 1.54) is 22.4 Å². The summed E-state index contributed by atoms with van der Waals surface area (Å²) in [6.07, 6.45) is 4.26. The molecule has 0 saturated carbocycles. The van der Waals surface area contributed by atoms with Crippen LogP contribution >= 0.6 is 0 Å². The summed E-state index contributed by atoms with van der Waals surface area (Å²) < 4.78 is 13.0. The number of benzene rings is 1. The zero-order valence-corrected chi connectivity index (χ0v) is 18.8. The summed E-state index contributed by atoms with van der Waals surface area (Å²) in [5, 5.41) is 1.27. The van der Waals surface area contributed by atoms with Gasteiger partial charge in [-0.25, -0.2) is 4.58 Å². The van der Waals surface area contributed by atoms with Gasteiger partial charge in [0, 0.05) is 23.7 Å². The Kier molecular flexibility index (Phi) is 6.17. The molecule has 1 aromatic heterocycles. The second-order valence-corrected chi connectivity index (χ2v) is 8.61. The van der Waals surface area contributed by atoms with E-state index >= 15 is 0 Å². The van der Waals surface area contributed by atoms with Crippen LogP contribution in [0.1, 0.15) is 57.7 Å². The van der Waals surface area contributed by atoms with Crippen LogP contribution in [0.5, 0.6) is 0 Å². The van der Waals surface area contributed by atoms with Gasteiger partial charge in [0.2, 0.25) is 5.71 Å². The van der Waals surface area contributed by atoms with Crippen LogP contribution in [0.15, 0.2) is 24.3 Å². The molecular formula is C25H33N2O4+. The van der Waals surface area contributed by atoms with Crippen molar-refractivity contribution in [3.05, 3.63) is 35.5 Å². The molecule has 4 rings (SSSR count).